The second-order valence-corrected chi connectivity index (χ2v) is 5.44. The summed E-state index contributed by atoms with van der Waals surface area (Å²) in [5.74, 6) is 0. The van der Waals surface area contributed by atoms with E-state index in [1.807, 2.05) is 54.6 Å². The van der Waals surface area contributed by atoms with Crippen LogP contribution in [0.4, 0.5) is 9.18 Å². The molecular weight excluding hydrogens is 281 g/mol. The van der Waals surface area contributed by atoms with Gasteiger partial charge < -0.3 is 10.1 Å². The molecule has 4 heteroatoms. The predicted octanol–water partition coefficient (Wildman–Crippen LogP) is 3.94. The molecule has 2 aromatic carbocycles. The van der Waals surface area contributed by atoms with E-state index in [0.29, 0.717) is 12.8 Å². The highest BCUT2D eigenvalue weighted by Gasteiger charge is 2.30. The molecule has 0 fully saturated rings. The van der Waals surface area contributed by atoms with Gasteiger partial charge in [0.2, 0.25) is 0 Å². The van der Waals surface area contributed by atoms with Crippen LogP contribution in [-0.2, 0) is 17.8 Å². The lowest BCUT2D eigenvalue weighted by Crippen LogP contribution is -2.37. The molecule has 0 saturated heterocycles. The SMILES string of the molecule is O=C(NC1c2ccccc2CCC1F)OCc1ccccc1. The summed E-state index contributed by atoms with van der Waals surface area (Å²) in [4.78, 5) is 11.9. The number of ether oxygens (including phenoxy) is 1. The Hall–Kier alpha value is -2.36. The summed E-state index contributed by atoms with van der Waals surface area (Å²) < 4.78 is 19.4. The van der Waals surface area contributed by atoms with E-state index in [2.05, 4.69) is 5.32 Å². The molecule has 0 aliphatic heterocycles. The van der Waals surface area contributed by atoms with E-state index < -0.39 is 18.3 Å². The number of carbonyl (C=O) groups is 1. The van der Waals surface area contributed by atoms with Crippen molar-refractivity contribution in [2.24, 2.45) is 0 Å². The molecule has 2 aromatic rings. The Balaban J connectivity index is 1.64. The normalized spacial score (nSPS) is 20.0. The van der Waals surface area contributed by atoms with Crippen molar-refractivity contribution in [2.75, 3.05) is 0 Å². The maximum absolute atomic E-state index is 14.2. The van der Waals surface area contributed by atoms with Crippen molar-refractivity contribution < 1.29 is 13.9 Å². The number of fused-ring (bicyclic) bond motifs is 1. The van der Waals surface area contributed by atoms with Gasteiger partial charge in [0.05, 0.1) is 6.04 Å². The van der Waals surface area contributed by atoms with Crippen molar-refractivity contribution >= 4 is 6.09 Å². The fourth-order valence-electron chi connectivity index (χ4n) is 2.78. The maximum atomic E-state index is 14.2. The molecule has 1 amide bonds. The highest BCUT2D eigenvalue weighted by Crippen LogP contribution is 2.31. The Morgan fingerprint density at radius 1 is 1.14 bits per heavy atom. The number of rotatable bonds is 3. The summed E-state index contributed by atoms with van der Waals surface area (Å²) in [6.07, 6.45) is -0.553. The van der Waals surface area contributed by atoms with Crippen LogP contribution in [0.2, 0.25) is 0 Å². The van der Waals surface area contributed by atoms with Gasteiger partial charge in [0.25, 0.3) is 0 Å². The van der Waals surface area contributed by atoms with Gasteiger partial charge in [-0.15, -0.1) is 0 Å². The molecule has 114 valence electrons. The summed E-state index contributed by atoms with van der Waals surface area (Å²) in [5, 5.41) is 2.66. The Bertz CT molecular complexity index is 645. The fraction of sp³-hybridized carbons (Fsp3) is 0.278. The Labute approximate surface area is 129 Å². The van der Waals surface area contributed by atoms with Gasteiger partial charge >= 0.3 is 6.09 Å². The van der Waals surface area contributed by atoms with Crippen molar-refractivity contribution in [3.8, 4) is 0 Å². The van der Waals surface area contributed by atoms with E-state index in [-0.39, 0.29) is 6.61 Å². The van der Waals surface area contributed by atoms with Crippen LogP contribution in [0.15, 0.2) is 54.6 Å². The van der Waals surface area contributed by atoms with Crippen molar-refractivity contribution in [2.45, 2.75) is 31.7 Å². The molecule has 0 spiro atoms. The molecular formula is C18H18FNO2. The number of benzene rings is 2. The average molecular weight is 299 g/mol. The molecule has 0 saturated carbocycles. The number of aryl methyl sites for hydroxylation is 1. The molecule has 2 atom stereocenters. The van der Waals surface area contributed by atoms with Gasteiger partial charge in [0.15, 0.2) is 0 Å². The van der Waals surface area contributed by atoms with Crippen LogP contribution < -0.4 is 5.32 Å². The molecule has 1 aliphatic rings. The molecule has 0 heterocycles. The van der Waals surface area contributed by atoms with Crippen LogP contribution >= 0.6 is 0 Å². The predicted molar refractivity (Wildman–Crippen MR) is 82.2 cm³/mol. The summed E-state index contributed by atoms with van der Waals surface area (Å²) >= 11 is 0. The second-order valence-electron chi connectivity index (χ2n) is 5.44. The number of carbonyl (C=O) groups excluding carboxylic acids is 1. The van der Waals surface area contributed by atoms with Crippen LogP contribution in [0.25, 0.3) is 0 Å². The minimum atomic E-state index is -1.08. The number of halogens is 1. The Morgan fingerprint density at radius 2 is 1.86 bits per heavy atom. The molecule has 0 radical (unpaired) electrons. The van der Waals surface area contributed by atoms with Gasteiger partial charge in [-0.25, -0.2) is 9.18 Å². The third-order valence-corrected chi connectivity index (χ3v) is 3.93. The van der Waals surface area contributed by atoms with Gasteiger partial charge in [-0.05, 0) is 29.5 Å². The largest absolute Gasteiger partial charge is 0.445 e. The molecule has 1 aliphatic carbocycles. The molecule has 2 unspecified atom stereocenters. The third kappa shape index (κ3) is 3.27. The standard InChI is InChI=1S/C18H18FNO2/c19-16-11-10-14-8-4-5-9-15(14)17(16)20-18(21)22-12-13-6-2-1-3-7-13/h1-9,16-17H,10-12H2,(H,20,21). The summed E-state index contributed by atoms with van der Waals surface area (Å²) in [5.41, 5.74) is 2.83. The number of amides is 1. The van der Waals surface area contributed by atoms with E-state index in [1.165, 1.54) is 0 Å². The van der Waals surface area contributed by atoms with Crippen LogP contribution in [0.1, 0.15) is 29.2 Å². The zero-order valence-electron chi connectivity index (χ0n) is 12.2. The molecule has 22 heavy (non-hydrogen) atoms. The molecule has 0 bridgehead atoms. The summed E-state index contributed by atoms with van der Waals surface area (Å²) in [7, 11) is 0. The van der Waals surface area contributed by atoms with Crippen LogP contribution in [0.5, 0.6) is 0 Å². The molecule has 0 aromatic heterocycles. The van der Waals surface area contributed by atoms with Gasteiger partial charge in [0, 0.05) is 0 Å². The lowest BCUT2D eigenvalue weighted by atomic mass is 9.86. The molecule has 1 N–H and O–H groups in total. The highest BCUT2D eigenvalue weighted by molar-refractivity contribution is 5.68. The molecule has 3 nitrogen and oxygen atoms in total. The van der Waals surface area contributed by atoms with Crippen molar-refractivity contribution in [3.05, 3.63) is 71.3 Å². The van der Waals surface area contributed by atoms with E-state index in [4.69, 9.17) is 4.74 Å². The molecule has 3 rings (SSSR count). The topological polar surface area (TPSA) is 38.3 Å². The Morgan fingerprint density at radius 3 is 2.68 bits per heavy atom. The van der Waals surface area contributed by atoms with Crippen molar-refractivity contribution in [3.63, 3.8) is 0 Å². The minimum absolute atomic E-state index is 0.179. The second kappa shape index (κ2) is 6.60. The van der Waals surface area contributed by atoms with Gasteiger partial charge in [-0.2, -0.15) is 0 Å². The zero-order chi connectivity index (χ0) is 15.4. The summed E-state index contributed by atoms with van der Waals surface area (Å²) in [6, 6.07) is 16.4. The van der Waals surface area contributed by atoms with E-state index in [9.17, 15) is 9.18 Å². The van der Waals surface area contributed by atoms with Crippen molar-refractivity contribution in [1.82, 2.24) is 5.32 Å². The number of hydrogen-bond acceptors (Lipinski definition) is 2. The lowest BCUT2D eigenvalue weighted by molar-refractivity contribution is 0.124. The van der Waals surface area contributed by atoms with Crippen molar-refractivity contribution in [1.29, 1.82) is 0 Å². The van der Waals surface area contributed by atoms with Crippen LogP contribution in [0.3, 0.4) is 0 Å². The average Bonchev–Trinajstić information content (AvgIpc) is 2.56. The minimum Gasteiger partial charge on any atom is -0.445 e. The van der Waals surface area contributed by atoms with Crippen LogP contribution in [0, 0.1) is 0 Å². The lowest BCUT2D eigenvalue weighted by Gasteiger charge is -2.29. The summed E-state index contributed by atoms with van der Waals surface area (Å²) in [6.45, 7) is 0.179. The third-order valence-electron chi connectivity index (χ3n) is 3.93. The van der Waals surface area contributed by atoms with Gasteiger partial charge in [-0.1, -0.05) is 54.6 Å². The quantitative estimate of drug-likeness (QED) is 0.932. The van der Waals surface area contributed by atoms with E-state index in [1.54, 1.807) is 0 Å². The first kappa shape index (κ1) is 14.6. The van der Waals surface area contributed by atoms with Crippen LogP contribution in [-0.4, -0.2) is 12.3 Å². The first-order chi connectivity index (χ1) is 10.7. The highest BCUT2D eigenvalue weighted by atomic mass is 19.1. The van der Waals surface area contributed by atoms with E-state index in [0.717, 1.165) is 16.7 Å². The zero-order valence-corrected chi connectivity index (χ0v) is 12.2. The maximum Gasteiger partial charge on any atom is 0.408 e. The number of nitrogens with one attached hydrogen (secondary N) is 1. The monoisotopic (exact) mass is 299 g/mol. The number of alkyl halides is 1. The number of alkyl carbamates (subject to hydrolysis) is 1. The Kier molecular flexibility index (Phi) is 4.37. The smallest absolute Gasteiger partial charge is 0.408 e. The van der Waals surface area contributed by atoms with Gasteiger partial charge in [-0.3, -0.25) is 0 Å². The number of hydrogen-bond donors (Lipinski definition) is 1. The van der Waals surface area contributed by atoms with Gasteiger partial charge in [0.1, 0.15) is 12.8 Å². The first-order valence-electron chi connectivity index (χ1n) is 7.43. The first-order valence-corrected chi connectivity index (χ1v) is 7.43. The van der Waals surface area contributed by atoms with E-state index >= 15 is 0 Å². The fourth-order valence-corrected chi connectivity index (χ4v) is 2.78.